The lowest BCUT2D eigenvalue weighted by Crippen LogP contribution is -2.37. The smallest absolute Gasteiger partial charge is 0.256 e. The molecule has 162 valence electrons. The Morgan fingerprint density at radius 3 is 2.55 bits per heavy atom. The van der Waals surface area contributed by atoms with Crippen LogP contribution in [0.2, 0.25) is 10.0 Å². The van der Waals surface area contributed by atoms with Crippen molar-refractivity contribution in [3.63, 3.8) is 0 Å². The zero-order chi connectivity index (χ0) is 22.3. The van der Waals surface area contributed by atoms with E-state index in [1.807, 2.05) is 26.0 Å². The fourth-order valence-corrected chi connectivity index (χ4v) is 4.67. The highest BCUT2D eigenvalue weighted by atomic mass is 35.5. The molecular formula is C23H22Cl2N2O4. The van der Waals surface area contributed by atoms with Gasteiger partial charge in [0, 0.05) is 40.9 Å². The fraction of sp³-hybridized carbons (Fsp3) is 0.304. The summed E-state index contributed by atoms with van der Waals surface area (Å²) in [6.45, 7) is 4.55. The van der Waals surface area contributed by atoms with Gasteiger partial charge in [-0.3, -0.25) is 4.79 Å². The summed E-state index contributed by atoms with van der Waals surface area (Å²) in [7, 11) is 3.19. The Balaban J connectivity index is 1.74. The minimum Gasteiger partial charge on any atom is -0.497 e. The van der Waals surface area contributed by atoms with Crippen molar-refractivity contribution in [2.45, 2.75) is 26.8 Å². The number of aryl methyl sites for hydroxylation is 2. The number of hydrogen-bond donors (Lipinski definition) is 0. The molecule has 1 aliphatic heterocycles. The Morgan fingerprint density at radius 2 is 1.90 bits per heavy atom. The zero-order valence-corrected chi connectivity index (χ0v) is 19.2. The molecule has 4 rings (SSSR count). The van der Waals surface area contributed by atoms with Gasteiger partial charge in [0.15, 0.2) is 0 Å². The molecule has 2 heterocycles. The van der Waals surface area contributed by atoms with Crippen molar-refractivity contribution in [3.05, 3.63) is 62.5 Å². The largest absolute Gasteiger partial charge is 0.497 e. The highest BCUT2D eigenvalue weighted by molar-refractivity contribution is 6.39. The lowest BCUT2D eigenvalue weighted by molar-refractivity contribution is 0.0726. The van der Waals surface area contributed by atoms with E-state index in [9.17, 15) is 4.79 Å². The normalized spacial score (nSPS) is 13.4. The van der Waals surface area contributed by atoms with Crippen molar-refractivity contribution >= 4 is 29.1 Å². The lowest BCUT2D eigenvalue weighted by atomic mass is 9.93. The van der Waals surface area contributed by atoms with E-state index in [1.165, 1.54) is 0 Å². The summed E-state index contributed by atoms with van der Waals surface area (Å²) in [6.07, 6.45) is 0.611. The monoisotopic (exact) mass is 460 g/mol. The van der Waals surface area contributed by atoms with Gasteiger partial charge in [0.25, 0.3) is 5.91 Å². The summed E-state index contributed by atoms with van der Waals surface area (Å²) in [5.74, 6) is 1.81. The van der Waals surface area contributed by atoms with E-state index in [2.05, 4.69) is 5.16 Å². The van der Waals surface area contributed by atoms with Crippen molar-refractivity contribution < 1.29 is 18.8 Å². The molecule has 0 fully saturated rings. The van der Waals surface area contributed by atoms with Gasteiger partial charge in [0.1, 0.15) is 17.3 Å². The summed E-state index contributed by atoms with van der Waals surface area (Å²) in [5, 5.41) is 4.89. The van der Waals surface area contributed by atoms with E-state index in [0.717, 1.165) is 16.7 Å². The molecule has 0 N–H and O–H groups in total. The maximum atomic E-state index is 13.5. The van der Waals surface area contributed by atoms with Crippen LogP contribution in [0.3, 0.4) is 0 Å². The first-order valence-electron chi connectivity index (χ1n) is 9.80. The number of nitrogens with zero attached hydrogens (tertiary/aromatic N) is 2. The van der Waals surface area contributed by atoms with Crippen LogP contribution < -0.4 is 9.47 Å². The Labute approximate surface area is 190 Å². The van der Waals surface area contributed by atoms with Crippen molar-refractivity contribution in [2.24, 2.45) is 0 Å². The van der Waals surface area contributed by atoms with Crippen molar-refractivity contribution in [1.29, 1.82) is 0 Å². The minimum atomic E-state index is -0.167. The van der Waals surface area contributed by atoms with E-state index in [-0.39, 0.29) is 5.91 Å². The van der Waals surface area contributed by atoms with Crippen LogP contribution in [0.5, 0.6) is 11.5 Å². The van der Waals surface area contributed by atoms with Gasteiger partial charge in [-0.2, -0.15) is 0 Å². The number of benzene rings is 2. The summed E-state index contributed by atoms with van der Waals surface area (Å²) in [4.78, 5) is 15.2. The molecule has 0 atom stereocenters. The Kier molecular flexibility index (Phi) is 5.86. The number of halogens is 2. The molecular weight excluding hydrogens is 439 g/mol. The van der Waals surface area contributed by atoms with E-state index in [1.54, 1.807) is 31.3 Å². The van der Waals surface area contributed by atoms with E-state index < -0.39 is 0 Å². The Morgan fingerprint density at radius 1 is 1.13 bits per heavy atom. The highest BCUT2D eigenvalue weighted by Gasteiger charge is 2.32. The van der Waals surface area contributed by atoms with Crippen LogP contribution in [-0.4, -0.2) is 36.7 Å². The van der Waals surface area contributed by atoms with Crippen LogP contribution in [0.4, 0.5) is 0 Å². The van der Waals surface area contributed by atoms with E-state index in [4.69, 9.17) is 37.2 Å². The number of rotatable bonds is 5. The summed E-state index contributed by atoms with van der Waals surface area (Å²) in [5.41, 5.74) is 4.19. The van der Waals surface area contributed by atoms with Gasteiger partial charge in [-0.05, 0) is 44.0 Å². The second-order valence-corrected chi connectivity index (χ2v) is 8.21. The third kappa shape index (κ3) is 3.75. The molecule has 0 aliphatic carbocycles. The van der Waals surface area contributed by atoms with Crippen molar-refractivity contribution in [1.82, 2.24) is 10.1 Å². The molecule has 0 radical (unpaired) electrons. The zero-order valence-electron chi connectivity index (χ0n) is 17.7. The van der Waals surface area contributed by atoms with Gasteiger partial charge < -0.3 is 18.9 Å². The molecule has 1 aliphatic rings. The summed E-state index contributed by atoms with van der Waals surface area (Å²) < 4.78 is 16.0. The summed E-state index contributed by atoms with van der Waals surface area (Å²) >= 11 is 13.4. The first kappa shape index (κ1) is 21.5. The van der Waals surface area contributed by atoms with Gasteiger partial charge in [-0.1, -0.05) is 28.4 Å². The summed E-state index contributed by atoms with van der Waals surface area (Å²) in [6, 6.07) is 7.34. The van der Waals surface area contributed by atoms with Crippen molar-refractivity contribution in [2.75, 3.05) is 20.8 Å². The fourth-order valence-electron chi connectivity index (χ4n) is 4.03. The predicted octanol–water partition coefficient (Wildman–Crippen LogP) is 5.48. The highest BCUT2D eigenvalue weighted by Crippen LogP contribution is 2.42. The van der Waals surface area contributed by atoms with Gasteiger partial charge in [-0.15, -0.1) is 0 Å². The van der Waals surface area contributed by atoms with E-state index in [0.29, 0.717) is 63.6 Å². The number of methoxy groups -OCH3 is 2. The average Bonchev–Trinajstić information content (AvgIpc) is 3.10. The third-order valence-corrected chi connectivity index (χ3v) is 6.34. The van der Waals surface area contributed by atoms with Crippen molar-refractivity contribution in [3.8, 4) is 22.6 Å². The number of carbonyl (C=O) groups is 1. The molecule has 2 aromatic carbocycles. The molecule has 1 amide bonds. The number of ether oxygens (including phenoxy) is 2. The Hall–Kier alpha value is -2.70. The minimum absolute atomic E-state index is 0.167. The standard InChI is InChI=1S/C23H22Cl2N2O4/c1-12-20(13(2)31-26-12)17-10-18(24)16-7-8-27(23(28)21(16)22(17)25)11-14-5-6-15(29-3)9-19(14)30-4/h5-6,9-10H,7-8,11H2,1-4H3. The van der Waals surface area contributed by atoms with Gasteiger partial charge in [0.05, 0.1) is 30.5 Å². The predicted molar refractivity (Wildman–Crippen MR) is 119 cm³/mol. The second kappa shape index (κ2) is 8.44. The second-order valence-electron chi connectivity index (χ2n) is 7.43. The maximum absolute atomic E-state index is 13.5. The molecule has 0 saturated heterocycles. The molecule has 0 unspecified atom stereocenters. The first-order valence-corrected chi connectivity index (χ1v) is 10.6. The molecule has 0 saturated carbocycles. The van der Waals surface area contributed by atoms with Gasteiger partial charge in [-0.25, -0.2) is 0 Å². The molecule has 0 spiro atoms. The lowest BCUT2D eigenvalue weighted by Gasteiger charge is -2.31. The van der Waals surface area contributed by atoms with Crippen LogP contribution in [0, 0.1) is 13.8 Å². The topological polar surface area (TPSA) is 64.8 Å². The van der Waals surface area contributed by atoms with Gasteiger partial charge in [0.2, 0.25) is 0 Å². The molecule has 3 aromatic rings. The molecule has 8 heteroatoms. The SMILES string of the molecule is COc1ccc(CN2CCc3c(Cl)cc(-c4c(C)noc4C)c(Cl)c3C2=O)c(OC)c1. The molecule has 1 aromatic heterocycles. The average molecular weight is 461 g/mol. The number of hydrogen-bond acceptors (Lipinski definition) is 5. The van der Waals surface area contributed by atoms with Gasteiger partial charge >= 0.3 is 0 Å². The van der Waals surface area contributed by atoms with Crippen LogP contribution in [0.25, 0.3) is 11.1 Å². The molecule has 31 heavy (non-hydrogen) atoms. The maximum Gasteiger partial charge on any atom is 0.256 e. The van der Waals surface area contributed by atoms with Crippen LogP contribution in [0.15, 0.2) is 28.8 Å². The Bertz CT molecular complexity index is 1150. The van der Waals surface area contributed by atoms with Crippen LogP contribution in [0.1, 0.15) is 32.9 Å². The van der Waals surface area contributed by atoms with Crippen LogP contribution >= 0.6 is 23.2 Å². The molecule has 6 nitrogen and oxygen atoms in total. The van der Waals surface area contributed by atoms with E-state index >= 15 is 0 Å². The third-order valence-electron chi connectivity index (χ3n) is 5.61. The molecule has 0 bridgehead atoms. The van der Waals surface area contributed by atoms with Crippen LogP contribution in [-0.2, 0) is 13.0 Å². The number of aromatic nitrogens is 1. The number of amides is 1. The first-order chi connectivity index (χ1) is 14.8. The number of fused-ring (bicyclic) bond motifs is 1. The quantitative estimate of drug-likeness (QED) is 0.504. The number of carbonyl (C=O) groups excluding carboxylic acids is 1.